The smallest absolute Gasteiger partial charge is 0.121 e. The van der Waals surface area contributed by atoms with Crippen molar-refractivity contribution in [2.75, 3.05) is 13.7 Å². The molecule has 86 valence electrons. The lowest BCUT2D eigenvalue weighted by Crippen LogP contribution is -2.06. The Morgan fingerprint density at radius 3 is 2.94 bits per heavy atom. The summed E-state index contributed by atoms with van der Waals surface area (Å²) in [5.41, 5.74) is 7.68. The highest BCUT2D eigenvalue weighted by molar-refractivity contribution is 5.83. The highest BCUT2D eigenvalue weighted by Crippen LogP contribution is 2.23. The summed E-state index contributed by atoms with van der Waals surface area (Å²) in [5, 5.41) is 5.69. The van der Waals surface area contributed by atoms with Gasteiger partial charge < -0.3 is 10.5 Å². The Bertz CT molecular complexity index is 490. The molecule has 0 aliphatic rings. The minimum atomic E-state index is 0.685. The van der Waals surface area contributed by atoms with E-state index in [9.17, 15) is 0 Å². The summed E-state index contributed by atoms with van der Waals surface area (Å²) < 4.78 is 7.23. The monoisotopic (exact) mass is 219 g/mol. The fourth-order valence-electron chi connectivity index (χ4n) is 1.86. The van der Waals surface area contributed by atoms with Gasteiger partial charge in [0.2, 0.25) is 0 Å². The lowest BCUT2D eigenvalue weighted by molar-refractivity contribution is 0.415. The maximum absolute atomic E-state index is 5.52. The van der Waals surface area contributed by atoms with Crippen molar-refractivity contribution in [3.63, 3.8) is 0 Å². The Labute approximate surface area is 95.0 Å². The third-order valence-corrected chi connectivity index (χ3v) is 2.72. The molecule has 16 heavy (non-hydrogen) atoms. The maximum Gasteiger partial charge on any atom is 0.121 e. The van der Waals surface area contributed by atoms with E-state index in [2.05, 4.69) is 11.2 Å². The number of methoxy groups -OCH3 is 1. The van der Waals surface area contributed by atoms with Crippen LogP contribution in [0.15, 0.2) is 18.2 Å². The van der Waals surface area contributed by atoms with E-state index >= 15 is 0 Å². The van der Waals surface area contributed by atoms with Crippen molar-refractivity contribution in [3.05, 3.63) is 23.9 Å². The van der Waals surface area contributed by atoms with Crippen LogP contribution in [0.5, 0.6) is 5.75 Å². The zero-order chi connectivity index (χ0) is 11.5. The zero-order valence-electron chi connectivity index (χ0n) is 9.73. The molecule has 4 heteroatoms. The molecule has 1 aromatic heterocycles. The van der Waals surface area contributed by atoms with Crippen molar-refractivity contribution >= 4 is 10.9 Å². The molecular weight excluding hydrogens is 202 g/mol. The van der Waals surface area contributed by atoms with Crippen molar-refractivity contribution < 1.29 is 4.74 Å². The molecule has 0 saturated carbocycles. The zero-order valence-corrected chi connectivity index (χ0v) is 9.73. The fourth-order valence-corrected chi connectivity index (χ4v) is 1.86. The molecular formula is C12H17N3O. The van der Waals surface area contributed by atoms with E-state index in [-0.39, 0.29) is 0 Å². The Balaban J connectivity index is 2.47. The van der Waals surface area contributed by atoms with Crippen molar-refractivity contribution in [1.82, 2.24) is 9.78 Å². The summed E-state index contributed by atoms with van der Waals surface area (Å²) >= 11 is 0. The minimum Gasteiger partial charge on any atom is -0.497 e. The highest BCUT2D eigenvalue weighted by atomic mass is 16.5. The van der Waals surface area contributed by atoms with Crippen LogP contribution < -0.4 is 10.5 Å². The molecule has 0 aliphatic carbocycles. The van der Waals surface area contributed by atoms with Crippen LogP contribution in [-0.2, 0) is 6.54 Å². The van der Waals surface area contributed by atoms with Gasteiger partial charge in [-0.25, -0.2) is 0 Å². The van der Waals surface area contributed by atoms with Gasteiger partial charge in [-0.1, -0.05) is 0 Å². The summed E-state index contributed by atoms with van der Waals surface area (Å²) in [7, 11) is 1.68. The number of hydrogen-bond acceptors (Lipinski definition) is 3. The predicted molar refractivity (Wildman–Crippen MR) is 64.7 cm³/mol. The minimum absolute atomic E-state index is 0.685. The summed E-state index contributed by atoms with van der Waals surface area (Å²) in [5.74, 6) is 0.862. The van der Waals surface area contributed by atoms with Crippen molar-refractivity contribution in [2.45, 2.75) is 19.9 Å². The van der Waals surface area contributed by atoms with Gasteiger partial charge in [0, 0.05) is 18.0 Å². The molecule has 0 spiro atoms. The van der Waals surface area contributed by atoms with E-state index in [0.29, 0.717) is 6.54 Å². The van der Waals surface area contributed by atoms with Crippen LogP contribution >= 0.6 is 0 Å². The normalized spacial score (nSPS) is 10.9. The van der Waals surface area contributed by atoms with Crippen molar-refractivity contribution in [1.29, 1.82) is 0 Å². The van der Waals surface area contributed by atoms with Crippen LogP contribution in [0.2, 0.25) is 0 Å². The molecule has 1 aromatic carbocycles. The van der Waals surface area contributed by atoms with Gasteiger partial charge in [0.25, 0.3) is 0 Å². The number of nitrogens with two attached hydrogens (primary N) is 1. The summed E-state index contributed by atoms with van der Waals surface area (Å²) in [4.78, 5) is 0. The highest BCUT2D eigenvalue weighted by Gasteiger charge is 2.07. The third kappa shape index (κ3) is 1.88. The van der Waals surface area contributed by atoms with Crippen LogP contribution in [-0.4, -0.2) is 23.4 Å². The van der Waals surface area contributed by atoms with E-state index < -0.39 is 0 Å². The maximum atomic E-state index is 5.52. The number of aromatic nitrogens is 2. The SMILES string of the molecule is COc1ccc2c(C)nn(CCCN)c2c1. The Kier molecular flexibility index (Phi) is 3.10. The molecule has 0 aliphatic heterocycles. The first-order chi connectivity index (χ1) is 7.76. The second-order valence-corrected chi connectivity index (χ2v) is 3.83. The molecule has 0 bridgehead atoms. The average molecular weight is 219 g/mol. The van der Waals surface area contributed by atoms with Gasteiger partial charge in [-0.15, -0.1) is 0 Å². The lowest BCUT2D eigenvalue weighted by atomic mass is 10.2. The molecule has 0 radical (unpaired) electrons. The van der Waals surface area contributed by atoms with E-state index in [0.717, 1.165) is 29.9 Å². The number of rotatable bonds is 4. The van der Waals surface area contributed by atoms with Gasteiger partial charge in [-0.05, 0) is 32.0 Å². The summed E-state index contributed by atoms with van der Waals surface area (Å²) in [6, 6.07) is 6.03. The molecule has 0 saturated heterocycles. The van der Waals surface area contributed by atoms with Crippen molar-refractivity contribution in [3.8, 4) is 5.75 Å². The molecule has 2 rings (SSSR count). The van der Waals surface area contributed by atoms with E-state index in [1.807, 2.05) is 23.7 Å². The molecule has 0 fully saturated rings. The molecule has 0 amide bonds. The average Bonchev–Trinajstić information content (AvgIpc) is 2.63. The second kappa shape index (κ2) is 4.53. The molecule has 0 unspecified atom stereocenters. The van der Waals surface area contributed by atoms with Crippen LogP contribution in [0.3, 0.4) is 0 Å². The molecule has 0 atom stereocenters. The molecule has 2 aromatic rings. The van der Waals surface area contributed by atoms with Gasteiger partial charge in [0.05, 0.1) is 18.3 Å². The van der Waals surface area contributed by atoms with Gasteiger partial charge in [-0.2, -0.15) is 5.10 Å². The van der Waals surface area contributed by atoms with Gasteiger partial charge >= 0.3 is 0 Å². The van der Waals surface area contributed by atoms with Crippen molar-refractivity contribution in [2.24, 2.45) is 5.73 Å². The number of aryl methyl sites for hydroxylation is 2. The first-order valence-electron chi connectivity index (χ1n) is 5.47. The lowest BCUT2D eigenvalue weighted by Gasteiger charge is -2.03. The number of benzene rings is 1. The Morgan fingerprint density at radius 2 is 2.25 bits per heavy atom. The van der Waals surface area contributed by atoms with Crippen LogP contribution in [0.1, 0.15) is 12.1 Å². The molecule has 1 heterocycles. The number of fused-ring (bicyclic) bond motifs is 1. The Morgan fingerprint density at radius 1 is 1.44 bits per heavy atom. The largest absolute Gasteiger partial charge is 0.497 e. The topological polar surface area (TPSA) is 53.1 Å². The van der Waals surface area contributed by atoms with Crippen LogP contribution in [0.4, 0.5) is 0 Å². The summed E-state index contributed by atoms with van der Waals surface area (Å²) in [6.07, 6.45) is 0.938. The van der Waals surface area contributed by atoms with Gasteiger partial charge in [0.1, 0.15) is 5.75 Å². The quantitative estimate of drug-likeness (QED) is 0.851. The van der Waals surface area contributed by atoms with E-state index in [4.69, 9.17) is 10.5 Å². The predicted octanol–water partition coefficient (Wildman–Crippen LogP) is 1.70. The Hall–Kier alpha value is -1.55. The summed E-state index contributed by atoms with van der Waals surface area (Å²) in [6.45, 7) is 3.56. The molecule has 4 nitrogen and oxygen atoms in total. The first-order valence-corrected chi connectivity index (χ1v) is 5.47. The fraction of sp³-hybridized carbons (Fsp3) is 0.417. The molecule has 2 N–H and O–H groups in total. The van der Waals surface area contributed by atoms with E-state index in [1.165, 1.54) is 5.39 Å². The third-order valence-electron chi connectivity index (χ3n) is 2.72. The van der Waals surface area contributed by atoms with Gasteiger partial charge in [0.15, 0.2) is 0 Å². The number of ether oxygens (including phenoxy) is 1. The number of nitrogens with zero attached hydrogens (tertiary/aromatic N) is 2. The van der Waals surface area contributed by atoms with Crippen LogP contribution in [0, 0.1) is 6.92 Å². The van der Waals surface area contributed by atoms with Gasteiger partial charge in [-0.3, -0.25) is 4.68 Å². The van der Waals surface area contributed by atoms with Crippen LogP contribution in [0.25, 0.3) is 10.9 Å². The standard InChI is InChI=1S/C12H17N3O/c1-9-11-5-4-10(16-2)8-12(11)15(14-9)7-3-6-13/h4-5,8H,3,6-7,13H2,1-2H3. The number of hydrogen-bond donors (Lipinski definition) is 1. The first kappa shape index (κ1) is 11.0. The van der Waals surface area contributed by atoms with E-state index in [1.54, 1.807) is 7.11 Å². The second-order valence-electron chi connectivity index (χ2n) is 3.83.